The smallest absolute Gasteiger partial charge is 0.422 e. The third kappa shape index (κ3) is 5.74. The number of anilines is 1. The van der Waals surface area contributed by atoms with Crippen LogP contribution >= 0.6 is 0 Å². The minimum Gasteiger partial charge on any atom is -0.457 e. The number of hydrogen-bond acceptors (Lipinski definition) is 8. The van der Waals surface area contributed by atoms with Crippen molar-refractivity contribution in [2.45, 2.75) is 64.2 Å². The largest absolute Gasteiger partial charge is 0.457 e. The summed E-state index contributed by atoms with van der Waals surface area (Å²) >= 11 is 0. The number of esters is 2. The number of amides is 1. The molecule has 178 valence electrons. The van der Waals surface area contributed by atoms with Crippen molar-refractivity contribution in [3.05, 3.63) is 23.9 Å². The number of ether oxygens (including phenoxy) is 3. The molecule has 1 N–H and O–H groups in total. The molecule has 1 unspecified atom stereocenters. The van der Waals surface area contributed by atoms with Gasteiger partial charge in [-0.3, -0.25) is 14.5 Å². The fourth-order valence-corrected chi connectivity index (χ4v) is 2.81. The summed E-state index contributed by atoms with van der Waals surface area (Å²) in [7, 11) is 0. The number of hydrogen-bond donors (Lipinski definition) is 1. The highest BCUT2D eigenvalue weighted by Gasteiger charge is 2.52. The zero-order valence-corrected chi connectivity index (χ0v) is 18.2. The molecule has 1 aromatic rings. The number of carbonyl (C=O) groups is 3. The first-order chi connectivity index (χ1) is 14.5. The quantitative estimate of drug-likeness (QED) is 0.660. The first kappa shape index (κ1) is 25.5. The van der Waals surface area contributed by atoms with Crippen LogP contribution in [0.2, 0.25) is 0 Å². The van der Waals surface area contributed by atoms with E-state index in [0.29, 0.717) is 6.92 Å². The molecule has 0 saturated carbocycles. The van der Waals surface area contributed by atoms with Gasteiger partial charge in [0.05, 0.1) is 18.8 Å². The molecule has 0 aromatic carbocycles. The number of alkyl halides is 3. The molecular formula is C20H25F3N2O7. The van der Waals surface area contributed by atoms with Crippen LogP contribution in [-0.4, -0.2) is 65.1 Å². The Morgan fingerprint density at radius 2 is 1.88 bits per heavy atom. The summed E-state index contributed by atoms with van der Waals surface area (Å²) in [6, 6.07) is 3.44. The molecule has 2 heterocycles. The van der Waals surface area contributed by atoms with Crippen LogP contribution in [0.4, 0.5) is 19.0 Å². The monoisotopic (exact) mass is 462 g/mol. The summed E-state index contributed by atoms with van der Waals surface area (Å²) in [6.45, 7) is 6.09. The maximum absolute atomic E-state index is 13.2. The average Bonchev–Trinajstić information content (AvgIpc) is 2.64. The number of aromatic nitrogens is 1. The van der Waals surface area contributed by atoms with Crippen molar-refractivity contribution in [2.75, 3.05) is 18.1 Å². The molecule has 3 atom stereocenters. The average molecular weight is 462 g/mol. The Balaban J connectivity index is 2.37. The minimum atomic E-state index is -5.01. The normalized spacial score (nSPS) is 20.3. The second-order valence-electron chi connectivity index (χ2n) is 8.30. The van der Waals surface area contributed by atoms with Crippen LogP contribution in [0, 0.1) is 0 Å². The first-order valence-electron chi connectivity index (χ1n) is 9.64. The molecule has 1 aliphatic heterocycles. The lowest BCUT2D eigenvalue weighted by molar-refractivity contribution is -0.260. The second-order valence-corrected chi connectivity index (χ2v) is 8.30. The van der Waals surface area contributed by atoms with Crippen molar-refractivity contribution >= 4 is 23.7 Å². The summed E-state index contributed by atoms with van der Waals surface area (Å²) in [5.41, 5.74) is -4.93. The van der Waals surface area contributed by atoms with Gasteiger partial charge in [-0.1, -0.05) is 6.07 Å². The number of aliphatic hydroxyl groups is 1. The highest BCUT2D eigenvalue weighted by molar-refractivity contribution is 6.00. The van der Waals surface area contributed by atoms with Crippen molar-refractivity contribution in [3.8, 4) is 0 Å². The van der Waals surface area contributed by atoms with E-state index in [4.69, 9.17) is 14.2 Å². The number of halogens is 3. The van der Waals surface area contributed by atoms with Crippen LogP contribution in [0.3, 0.4) is 0 Å². The molecule has 0 aliphatic carbocycles. The van der Waals surface area contributed by atoms with Crippen LogP contribution < -0.4 is 4.90 Å². The van der Waals surface area contributed by atoms with Crippen LogP contribution in [0.5, 0.6) is 0 Å². The highest BCUT2D eigenvalue weighted by Crippen LogP contribution is 2.38. The number of carbonyl (C=O) groups excluding carboxylic acids is 3. The third-order valence-electron chi connectivity index (χ3n) is 4.39. The fourth-order valence-electron chi connectivity index (χ4n) is 2.81. The Morgan fingerprint density at radius 3 is 2.41 bits per heavy atom. The lowest BCUT2D eigenvalue weighted by Gasteiger charge is -2.35. The molecular weight excluding hydrogens is 437 g/mol. The van der Waals surface area contributed by atoms with Crippen molar-refractivity contribution in [1.29, 1.82) is 0 Å². The fraction of sp³-hybridized carbons (Fsp3) is 0.600. The van der Waals surface area contributed by atoms with Crippen LogP contribution in [0.25, 0.3) is 0 Å². The zero-order valence-electron chi connectivity index (χ0n) is 18.2. The van der Waals surface area contributed by atoms with Gasteiger partial charge >= 0.3 is 18.1 Å². The molecule has 32 heavy (non-hydrogen) atoms. The minimum absolute atomic E-state index is 0.0962. The number of morpholine rings is 1. The summed E-state index contributed by atoms with van der Waals surface area (Å²) < 4.78 is 55.1. The number of nitrogens with zero attached hydrogens (tertiary/aromatic N) is 2. The Labute approximate surface area is 182 Å². The van der Waals surface area contributed by atoms with Crippen molar-refractivity contribution in [3.63, 3.8) is 0 Å². The zero-order chi connectivity index (χ0) is 24.5. The maximum atomic E-state index is 13.2. The van der Waals surface area contributed by atoms with Gasteiger partial charge in [0.1, 0.15) is 11.4 Å². The summed E-state index contributed by atoms with van der Waals surface area (Å²) in [6.07, 6.45) is -8.34. The number of pyridine rings is 1. The van der Waals surface area contributed by atoms with E-state index in [1.165, 1.54) is 12.1 Å². The summed E-state index contributed by atoms with van der Waals surface area (Å²) in [5, 5.41) is 9.90. The van der Waals surface area contributed by atoms with E-state index in [2.05, 4.69) is 4.98 Å². The molecule has 1 fully saturated rings. The molecule has 1 aromatic heterocycles. The van der Waals surface area contributed by atoms with Crippen molar-refractivity contribution in [1.82, 2.24) is 4.98 Å². The maximum Gasteiger partial charge on any atom is 0.422 e. The van der Waals surface area contributed by atoms with E-state index in [1.54, 1.807) is 20.8 Å². The number of rotatable bonds is 5. The van der Waals surface area contributed by atoms with Gasteiger partial charge < -0.3 is 19.3 Å². The van der Waals surface area contributed by atoms with E-state index in [9.17, 15) is 32.7 Å². The van der Waals surface area contributed by atoms with E-state index in [-0.39, 0.29) is 19.0 Å². The van der Waals surface area contributed by atoms with Crippen molar-refractivity contribution < 1.29 is 46.9 Å². The first-order valence-corrected chi connectivity index (χ1v) is 9.64. The summed E-state index contributed by atoms with van der Waals surface area (Å²) in [4.78, 5) is 41.9. The Bertz CT molecular complexity index is 881. The predicted octanol–water partition coefficient (Wildman–Crippen LogP) is 1.86. The Kier molecular flexibility index (Phi) is 7.20. The lowest BCUT2D eigenvalue weighted by atomic mass is 10.0. The van der Waals surface area contributed by atoms with Gasteiger partial charge in [-0.25, -0.2) is 9.78 Å². The van der Waals surface area contributed by atoms with E-state index < -0.39 is 53.1 Å². The van der Waals surface area contributed by atoms with E-state index >= 15 is 0 Å². The van der Waals surface area contributed by atoms with Gasteiger partial charge in [-0.2, -0.15) is 13.2 Å². The lowest BCUT2D eigenvalue weighted by Crippen LogP contribution is -2.56. The molecule has 12 heteroatoms. The van der Waals surface area contributed by atoms with Gasteiger partial charge in [-0.05, 0) is 39.8 Å². The standard InChI is InChI=1S/C20H25F3N2O7/c1-11(26)31-15(17(28)32-18(2,3)4)14-16(27)25(9-10-30-14)13-8-6-7-12(24-13)19(5,29)20(21,22)23/h6-8,14-15,29H,9-10H2,1-5H3/t14-,15-,19?/m1/s1. The topological polar surface area (TPSA) is 115 Å². The Morgan fingerprint density at radius 1 is 1.25 bits per heavy atom. The van der Waals surface area contributed by atoms with Crippen molar-refractivity contribution in [2.24, 2.45) is 0 Å². The second kappa shape index (κ2) is 9.02. The molecule has 0 bridgehead atoms. The molecule has 2 rings (SSSR count). The van der Waals surface area contributed by atoms with Gasteiger partial charge in [0.15, 0.2) is 11.7 Å². The third-order valence-corrected chi connectivity index (χ3v) is 4.39. The predicted molar refractivity (Wildman–Crippen MR) is 103 cm³/mol. The molecule has 1 aliphatic rings. The molecule has 0 spiro atoms. The van der Waals surface area contributed by atoms with Gasteiger partial charge in [0.25, 0.3) is 5.91 Å². The van der Waals surface area contributed by atoms with E-state index in [1.807, 2.05) is 0 Å². The van der Waals surface area contributed by atoms with Gasteiger partial charge in [0.2, 0.25) is 6.10 Å². The highest BCUT2D eigenvalue weighted by atomic mass is 19.4. The SMILES string of the molecule is CC(=O)O[C@@H](C(=O)OC(C)(C)C)[C@H]1OCCN(c2cccc(C(C)(O)C(F)(F)F)n2)C1=O. The molecule has 1 amide bonds. The van der Waals surface area contributed by atoms with Crippen LogP contribution in [0.15, 0.2) is 18.2 Å². The van der Waals surface area contributed by atoms with Gasteiger partial charge in [-0.15, -0.1) is 0 Å². The van der Waals surface area contributed by atoms with Gasteiger partial charge in [0, 0.05) is 6.92 Å². The van der Waals surface area contributed by atoms with Crippen LogP contribution in [-0.2, 0) is 34.2 Å². The van der Waals surface area contributed by atoms with Crippen LogP contribution in [0.1, 0.15) is 40.3 Å². The Hall–Kier alpha value is -2.73. The molecule has 1 saturated heterocycles. The molecule has 9 nitrogen and oxygen atoms in total. The summed E-state index contributed by atoms with van der Waals surface area (Å²) in [5.74, 6) is -2.95. The molecule has 0 radical (unpaired) electrons. The van der Waals surface area contributed by atoms with E-state index in [0.717, 1.165) is 17.9 Å².